The van der Waals surface area contributed by atoms with Crippen molar-refractivity contribution in [1.82, 2.24) is 9.63 Å². The smallest absolute Gasteiger partial charge is 0.349 e. The van der Waals surface area contributed by atoms with Crippen LogP contribution in [0.25, 0.3) is 0 Å². The van der Waals surface area contributed by atoms with Gasteiger partial charge in [0.05, 0.1) is 48.0 Å². The van der Waals surface area contributed by atoms with Crippen LogP contribution in [-0.4, -0.2) is 24.5 Å². The molecule has 152 valence electrons. The third kappa shape index (κ3) is 2.65. The fraction of sp³-hybridized carbons (Fsp3) is 0.348. The quantitative estimate of drug-likeness (QED) is 0.618. The molecular formula is C23H22N4O3. The Hall–Kier alpha value is -3.21. The van der Waals surface area contributed by atoms with Crippen LogP contribution < -0.4 is 14.7 Å². The lowest BCUT2D eigenvalue weighted by molar-refractivity contribution is -0.123. The normalized spacial score (nSPS) is 24.4. The summed E-state index contributed by atoms with van der Waals surface area (Å²) in [6.45, 7) is 4.37. The van der Waals surface area contributed by atoms with E-state index >= 15 is 0 Å². The average Bonchev–Trinajstić information content (AvgIpc) is 3.55. The largest absolute Gasteiger partial charge is 0.620 e. The maximum Gasteiger partial charge on any atom is 0.349 e. The Morgan fingerprint density at radius 3 is 2.83 bits per heavy atom. The van der Waals surface area contributed by atoms with Gasteiger partial charge in [0.15, 0.2) is 0 Å². The number of pyridine rings is 1. The summed E-state index contributed by atoms with van der Waals surface area (Å²) in [4.78, 5) is 17.9. The van der Waals surface area contributed by atoms with Crippen molar-refractivity contribution in [1.29, 1.82) is 5.26 Å². The van der Waals surface area contributed by atoms with Gasteiger partial charge in [0.1, 0.15) is 5.69 Å². The molecule has 0 spiro atoms. The van der Waals surface area contributed by atoms with Gasteiger partial charge in [0.25, 0.3) is 0 Å². The summed E-state index contributed by atoms with van der Waals surface area (Å²) in [6, 6.07) is 7.08. The topological polar surface area (TPSA) is 98.1 Å². The minimum Gasteiger partial charge on any atom is -0.620 e. The van der Waals surface area contributed by atoms with E-state index in [4.69, 9.17) is 4.74 Å². The Morgan fingerprint density at radius 1 is 1.37 bits per heavy atom. The molecule has 0 radical (unpaired) electrons. The number of hydrogen-bond acceptors (Lipinski definition) is 6. The van der Waals surface area contributed by atoms with Gasteiger partial charge in [0.2, 0.25) is 5.88 Å². The van der Waals surface area contributed by atoms with Gasteiger partial charge >= 0.3 is 5.91 Å². The van der Waals surface area contributed by atoms with Crippen molar-refractivity contribution in [2.24, 2.45) is 5.92 Å². The highest BCUT2D eigenvalue weighted by Crippen LogP contribution is 2.53. The lowest BCUT2D eigenvalue weighted by atomic mass is 9.76. The van der Waals surface area contributed by atoms with Gasteiger partial charge in [-0.05, 0) is 44.2 Å². The molecule has 3 aliphatic rings. The first-order valence-electron chi connectivity index (χ1n) is 10.1. The van der Waals surface area contributed by atoms with Crippen LogP contribution in [0.4, 0.5) is 11.4 Å². The number of likely N-dealkylation sites (N-methyl/N-ethyl adjacent to an activating group) is 1. The van der Waals surface area contributed by atoms with Crippen LogP contribution in [0.2, 0.25) is 0 Å². The molecule has 7 nitrogen and oxygen atoms in total. The van der Waals surface area contributed by atoms with E-state index in [9.17, 15) is 15.3 Å². The van der Waals surface area contributed by atoms with Crippen molar-refractivity contribution in [3.8, 4) is 11.9 Å². The molecular weight excluding hydrogens is 380 g/mol. The zero-order valence-electron chi connectivity index (χ0n) is 17.2. The van der Waals surface area contributed by atoms with Gasteiger partial charge in [-0.15, -0.1) is 0 Å². The van der Waals surface area contributed by atoms with Crippen LogP contribution in [-0.2, 0) is 4.79 Å². The predicted octanol–water partition coefficient (Wildman–Crippen LogP) is 3.86. The van der Waals surface area contributed by atoms with E-state index in [0.717, 1.165) is 29.7 Å². The second kappa shape index (κ2) is 6.39. The number of ether oxygens (including phenoxy) is 1. The molecule has 1 fully saturated rings. The van der Waals surface area contributed by atoms with Crippen molar-refractivity contribution >= 4 is 17.3 Å². The van der Waals surface area contributed by atoms with E-state index in [0.29, 0.717) is 46.5 Å². The molecule has 2 atom stereocenters. The molecule has 5 rings (SSSR count). The van der Waals surface area contributed by atoms with Crippen LogP contribution in [0, 0.1) is 29.4 Å². The number of hydroxylamine groups is 2. The summed E-state index contributed by atoms with van der Waals surface area (Å²) < 4.78 is 4.92. The molecule has 1 aliphatic carbocycles. The molecule has 1 N–H and O–H groups in total. The fourth-order valence-electron chi connectivity index (χ4n) is 4.42. The highest BCUT2D eigenvalue weighted by Gasteiger charge is 2.48. The van der Waals surface area contributed by atoms with E-state index in [2.05, 4.69) is 16.4 Å². The maximum absolute atomic E-state index is 13.4. The first-order valence-corrected chi connectivity index (χ1v) is 10.1. The third-order valence-electron chi connectivity index (χ3n) is 6.26. The van der Waals surface area contributed by atoms with E-state index < -0.39 is 16.5 Å². The molecule has 1 saturated carbocycles. The number of rotatable bonds is 3. The zero-order chi connectivity index (χ0) is 21.2. The average molecular weight is 402 g/mol. The van der Waals surface area contributed by atoms with Crippen LogP contribution in [0.1, 0.15) is 47.9 Å². The first kappa shape index (κ1) is 18.8. The van der Waals surface area contributed by atoms with Gasteiger partial charge in [-0.1, -0.05) is 6.07 Å². The maximum atomic E-state index is 13.4. The molecule has 30 heavy (non-hydrogen) atoms. The number of quaternary nitrogens is 1. The van der Waals surface area contributed by atoms with Crippen molar-refractivity contribution in [2.75, 3.05) is 19.0 Å². The van der Waals surface area contributed by atoms with Gasteiger partial charge in [-0.2, -0.15) is 5.26 Å². The highest BCUT2D eigenvalue weighted by atomic mass is 16.6. The van der Waals surface area contributed by atoms with Gasteiger partial charge in [-0.3, -0.25) is 4.65 Å². The van der Waals surface area contributed by atoms with Crippen molar-refractivity contribution in [3.63, 3.8) is 0 Å². The second-order valence-corrected chi connectivity index (χ2v) is 8.50. The second-order valence-electron chi connectivity index (χ2n) is 8.50. The van der Waals surface area contributed by atoms with E-state index in [1.165, 1.54) is 13.1 Å². The molecule has 2 aliphatic heterocycles. The Labute approximate surface area is 174 Å². The van der Waals surface area contributed by atoms with Gasteiger partial charge in [-0.25, -0.2) is 9.78 Å². The molecule has 7 heteroatoms. The number of carbonyl (C=O) groups excluding carboxylic acids is 1. The van der Waals surface area contributed by atoms with Crippen LogP contribution in [0.5, 0.6) is 5.88 Å². The van der Waals surface area contributed by atoms with Crippen molar-refractivity contribution < 1.29 is 9.53 Å². The Bertz CT molecular complexity index is 1170. The molecule has 0 saturated heterocycles. The van der Waals surface area contributed by atoms with Crippen LogP contribution >= 0.6 is 0 Å². The molecule has 1 unspecified atom stereocenters. The van der Waals surface area contributed by atoms with E-state index in [1.807, 2.05) is 13.8 Å². The lowest BCUT2D eigenvalue weighted by Crippen LogP contribution is -2.51. The monoisotopic (exact) mass is 402 g/mol. The molecule has 2 aromatic rings. The number of carbonyl (C=O) groups is 1. The summed E-state index contributed by atoms with van der Waals surface area (Å²) in [6.07, 6.45) is 4.08. The summed E-state index contributed by atoms with van der Waals surface area (Å²) in [5.74, 6) is 0.0540. The lowest BCUT2D eigenvalue weighted by Gasteiger charge is -2.45. The SMILES string of the molecule is CC1=C2C(=O)[N+](C)([O-])c3cc(C#N)ccc3[C@@H]2c2c(OCC3CC3)ncc(C)c2N1. The molecule has 3 heterocycles. The summed E-state index contributed by atoms with van der Waals surface area (Å²) >= 11 is 0. The molecule has 1 aromatic carbocycles. The number of hydrogen-bond donors (Lipinski definition) is 1. The van der Waals surface area contributed by atoms with E-state index in [-0.39, 0.29) is 0 Å². The number of benzene rings is 1. The molecule has 0 bridgehead atoms. The number of nitrogens with one attached hydrogen (secondary N) is 1. The summed E-state index contributed by atoms with van der Waals surface area (Å²) in [5, 5.41) is 26.1. The number of nitriles is 1. The zero-order valence-corrected chi connectivity index (χ0v) is 17.2. The Kier molecular flexibility index (Phi) is 4.01. The molecule has 1 aromatic heterocycles. The van der Waals surface area contributed by atoms with Gasteiger partial charge in [0, 0.05) is 23.5 Å². The highest BCUT2D eigenvalue weighted by molar-refractivity contribution is 6.09. The number of aromatic nitrogens is 1. The number of aryl methyl sites for hydroxylation is 1. The molecule has 1 amide bonds. The first-order chi connectivity index (χ1) is 14.3. The number of allylic oxidation sites excluding steroid dienone is 1. The van der Waals surface area contributed by atoms with Gasteiger partial charge < -0.3 is 15.3 Å². The van der Waals surface area contributed by atoms with Crippen LogP contribution in [0.3, 0.4) is 0 Å². The van der Waals surface area contributed by atoms with Crippen molar-refractivity contribution in [3.05, 3.63) is 63.1 Å². The van der Waals surface area contributed by atoms with Crippen molar-refractivity contribution in [2.45, 2.75) is 32.6 Å². The fourth-order valence-corrected chi connectivity index (χ4v) is 4.42. The third-order valence-corrected chi connectivity index (χ3v) is 6.26. The number of fused-ring (bicyclic) bond motifs is 5. The van der Waals surface area contributed by atoms with E-state index in [1.54, 1.807) is 18.3 Å². The number of amides is 1. The summed E-state index contributed by atoms with van der Waals surface area (Å²) in [7, 11) is 1.33. The Balaban J connectivity index is 1.77. The number of nitrogens with zero attached hydrogens (tertiary/aromatic N) is 3. The Morgan fingerprint density at radius 2 is 2.13 bits per heavy atom. The predicted molar refractivity (Wildman–Crippen MR) is 113 cm³/mol. The van der Waals surface area contributed by atoms with Crippen LogP contribution in [0.15, 0.2) is 35.7 Å². The minimum atomic E-state index is -1.18. The minimum absolute atomic E-state index is 0.295. The number of anilines is 1. The summed E-state index contributed by atoms with van der Waals surface area (Å²) in [5.41, 5.74) is 5.05. The standard InChI is InChI=1S/C23H22N4O3/c1-12-10-25-22(30-11-14-4-5-14)20-19-16-7-6-15(9-24)8-17(16)27(3,29)23(28)18(19)13(2)26-21(12)20/h6-8,10,14,19,26H,4-5,11H2,1-3H3/t19-,27?/m0/s1.